The summed E-state index contributed by atoms with van der Waals surface area (Å²) in [6, 6.07) is 4.45. The Morgan fingerprint density at radius 2 is 2.00 bits per heavy atom. The van der Waals surface area contributed by atoms with Gasteiger partial charge in [0.1, 0.15) is 0 Å². The van der Waals surface area contributed by atoms with Crippen LogP contribution in [0.4, 0.5) is 0 Å². The number of phenolic OH excluding ortho intramolecular Hbond substituents is 2. The highest BCUT2D eigenvalue weighted by molar-refractivity contribution is 5.80. The fourth-order valence-electron chi connectivity index (χ4n) is 3.78. The molecule has 0 heterocycles. The van der Waals surface area contributed by atoms with Crippen molar-refractivity contribution in [1.82, 2.24) is 5.32 Å². The molecule has 1 fully saturated rings. The third-order valence-corrected chi connectivity index (χ3v) is 5.03. The maximum Gasteiger partial charge on any atom is 0.224 e. The lowest BCUT2D eigenvalue weighted by Gasteiger charge is -2.42. The highest BCUT2D eigenvalue weighted by Crippen LogP contribution is 2.44. The van der Waals surface area contributed by atoms with Gasteiger partial charge in [-0.15, -0.1) is 0 Å². The van der Waals surface area contributed by atoms with Crippen LogP contribution in [0.3, 0.4) is 0 Å². The molecule has 3 atom stereocenters. The van der Waals surface area contributed by atoms with Crippen LogP contribution in [0.1, 0.15) is 58.6 Å². The van der Waals surface area contributed by atoms with E-state index >= 15 is 0 Å². The van der Waals surface area contributed by atoms with Gasteiger partial charge >= 0.3 is 0 Å². The quantitative estimate of drug-likeness (QED) is 0.745. The SMILES string of the molecule is CC(NC(=O)[C@@H]1[C@@H](C)CCCC1(C)C)c1ccc(O)c(O)c1. The van der Waals surface area contributed by atoms with Crippen LogP contribution in [0.5, 0.6) is 11.5 Å². The number of hydrogen-bond donors (Lipinski definition) is 3. The summed E-state index contributed by atoms with van der Waals surface area (Å²) in [5, 5.41) is 22.0. The minimum Gasteiger partial charge on any atom is -0.504 e. The number of aromatic hydroxyl groups is 2. The molecule has 0 saturated heterocycles. The molecule has 22 heavy (non-hydrogen) atoms. The van der Waals surface area contributed by atoms with Crippen molar-refractivity contribution in [2.45, 2.75) is 53.0 Å². The van der Waals surface area contributed by atoms with Crippen LogP contribution in [-0.4, -0.2) is 16.1 Å². The lowest BCUT2D eigenvalue weighted by Crippen LogP contribution is -2.45. The van der Waals surface area contributed by atoms with Crippen LogP contribution in [0, 0.1) is 17.3 Å². The number of hydrogen-bond acceptors (Lipinski definition) is 3. The number of benzene rings is 1. The van der Waals surface area contributed by atoms with E-state index in [-0.39, 0.29) is 34.8 Å². The van der Waals surface area contributed by atoms with E-state index in [2.05, 4.69) is 26.1 Å². The van der Waals surface area contributed by atoms with Gasteiger partial charge in [0.15, 0.2) is 11.5 Å². The maximum atomic E-state index is 12.7. The van der Waals surface area contributed by atoms with Crippen LogP contribution < -0.4 is 5.32 Å². The molecule has 1 amide bonds. The predicted molar refractivity (Wildman–Crippen MR) is 86.6 cm³/mol. The standard InChI is InChI=1S/C18H27NO3/c1-11-6-5-9-18(3,4)16(11)17(22)19-12(2)13-7-8-14(20)15(21)10-13/h7-8,10-12,16,20-21H,5-6,9H2,1-4H3,(H,19,22)/t11-,12?,16-/m0/s1. The van der Waals surface area contributed by atoms with E-state index in [0.717, 1.165) is 18.4 Å². The molecule has 1 aromatic rings. The average molecular weight is 305 g/mol. The second kappa shape index (κ2) is 6.19. The second-order valence-electron chi connectivity index (χ2n) is 7.31. The molecule has 1 aromatic carbocycles. The highest BCUT2D eigenvalue weighted by atomic mass is 16.3. The molecule has 1 saturated carbocycles. The highest BCUT2D eigenvalue weighted by Gasteiger charge is 2.41. The minimum atomic E-state index is -0.205. The first kappa shape index (κ1) is 16.7. The Bertz CT molecular complexity index is 553. The number of carbonyl (C=O) groups is 1. The lowest BCUT2D eigenvalue weighted by molar-refractivity contribution is -0.133. The first-order chi connectivity index (χ1) is 10.2. The van der Waals surface area contributed by atoms with Crippen LogP contribution >= 0.6 is 0 Å². The van der Waals surface area contributed by atoms with E-state index in [4.69, 9.17) is 0 Å². The van der Waals surface area contributed by atoms with Crippen molar-refractivity contribution in [3.63, 3.8) is 0 Å². The largest absolute Gasteiger partial charge is 0.504 e. The summed E-state index contributed by atoms with van der Waals surface area (Å²) in [6.07, 6.45) is 3.35. The van der Waals surface area contributed by atoms with Crippen molar-refractivity contribution >= 4 is 5.91 Å². The first-order valence-corrected chi connectivity index (χ1v) is 8.04. The molecule has 0 spiro atoms. The van der Waals surface area contributed by atoms with Crippen LogP contribution in [-0.2, 0) is 4.79 Å². The Morgan fingerprint density at radius 1 is 1.32 bits per heavy atom. The molecule has 0 aromatic heterocycles. The van der Waals surface area contributed by atoms with Gasteiger partial charge in [-0.05, 0) is 48.8 Å². The van der Waals surface area contributed by atoms with Gasteiger partial charge in [0.25, 0.3) is 0 Å². The lowest BCUT2D eigenvalue weighted by atomic mass is 9.64. The summed E-state index contributed by atoms with van der Waals surface area (Å²) < 4.78 is 0. The zero-order valence-corrected chi connectivity index (χ0v) is 13.9. The van der Waals surface area contributed by atoms with Crippen molar-refractivity contribution in [3.05, 3.63) is 23.8 Å². The molecule has 3 N–H and O–H groups in total. The Labute approximate surface area is 132 Å². The van der Waals surface area contributed by atoms with Crippen molar-refractivity contribution < 1.29 is 15.0 Å². The van der Waals surface area contributed by atoms with Crippen molar-refractivity contribution in [1.29, 1.82) is 0 Å². The van der Waals surface area contributed by atoms with Gasteiger partial charge in [-0.25, -0.2) is 0 Å². The topological polar surface area (TPSA) is 69.6 Å². The fourth-order valence-corrected chi connectivity index (χ4v) is 3.78. The smallest absolute Gasteiger partial charge is 0.224 e. The Kier molecular flexibility index (Phi) is 4.69. The molecule has 1 unspecified atom stereocenters. The second-order valence-corrected chi connectivity index (χ2v) is 7.31. The summed E-state index contributed by atoms with van der Waals surface area (Å²) in [6.45, 7) is 8.39. The number of rotatable bonds is 3. The molecule has 0 bridgehead atoms. The molecule has 0 aliphatic heterocycles. The summed E-state index contributed by atoms with van der Waals surface area (Å²) in [4.78, 5) is 12.7. The van der Waals surface area contributed by atoms with E-state index in [1.165, 1.54) is 18.6 Å². The summed E-state index contributed by atoms with van der Waals surface area (Å²) in [7, 11) is 0. The van der Waals surface area contributed by atoms with E-state index in [1.807, 2.05) is 6.92 Å². The zero-order valence-electron chi connectivity index (χ0n) is 13.9. The van der Waals surface area contributed by atoms with Gasteiger partial charge in [0.05, 0.1) is 6.04 Å². The summed E-state index contributed by atoms with van der Waals surface area (Å²) in [5.41, 5.74) is 0.795. The van der Waals surface area contributed by atoms with Crippen molar-refractivity contribution in [2.75, 3.05) is 0 Å². The number of amides is 1. The number of carbonyl (C=O) groups excluding carboxylic acids is 1. The van der Waals surface area contributed by atoms with E-state index in [1.54, 1.807) is 6.07 Å². The summed E-state index contributed by atoms with van der Waals surface area (Å²) >= 11 is 0. The van der Waals surface area contributed by atoms with E-state index in [9.17, 15) is 15.0 Å². The molecular formula is C18H27NO3. The summed E-state index contributed by atoms with van der Waals surface area (Å²) in [5.74, 6) is 0.158. The van der Waals surface area contributed by atoms with Gasteiger partial charge < -0.3 is 15.5 Å². The molecule has 1 aliphatic rings. The number of phenols is 2. The molecule has 2 rings (SSSR count). The van der Waals surface area contributed by atoms with Crippen molar-refractivity contribution in [2.24, 2.45) is 17.3 Å². The maximum absolute atomic E-state index is 12.7. The van der Waals surface area contributed by atoms with E-state index < -0.39 is 0 Å². The third kappa shape index (κ3) is 3.37. The molecule has 4 heteroatoms. The monoisotopic (exact) mass is 305 g/mol. The molecule has 4 nitrogen and oxygen atoms in total. The minimum absolute atomic E-state index is 0.00871. The molecular weight excluding hydrogens is 278 g/mol. The van der Waals surface area contributed by atoms with Gasteiger partial charge in [0.2, 0.25) is 5.91 Å². The van der Waals surface area contributed by atoms with Crippen LogP contribution in [0.25, 0.3) is 0 Å². The number of nitrogens with one attached hydrogen (secondary N) is 1. The Hall–Kier alpha value is -1.71. The first-order valence-electron chi connectivity index (χ1n) is 8.04. The van der Waals surface area contributed by atoms with Gasteiger partial charge in [-0.2, -0.15) is 0 Å². The van der Waals surface area contributed by atoms with Gasteiger partial charge in [-0.1, -0.05) is 33.3 Å². The Morgan fingerprint density at radius 3 is 2.59 bits per heavy atom. The van der Waals surface area contributed by atoms with Gasteiger partial charge in [-0.3, -0.25) is 4.79 Å². The fraction of sp³-hybridized carbons (Fsp3) is 0.611. The zero-order chi connectivity index (χ0) is 16.5. The average Bonchev–Trinajstić information content (AvgIpc) is 2.40. The van der Waals surface area contributed by atoms with E-state index in [0.29, 0.717) is 5.92 Å². The van der Waals surface area contributed by atoms with Crippen LogP contribution in [0.15, 0.2) is 18.2 Å². The predicted octanol–water partition coefficient (Wildman–Crippen LogP) is 3.74. The third-order valence-electron chi connectivity index (χ3n) is 5.03. The van der Waals surface area contributed by atoms with Crippen molar-refractivity contribution in [3.8, 4) is 11.5 Å². The van der Waals surface area contributed by atoms with Crippen LogP contribution in [0.2, 0.25) is 0 Å². The molecule has 1 aliphatic carbocycles. The Balaban J connectivity index is 2.11. The molecule has 0 radical (unpaired) electrons. The van der Waals surface area contributed by atoms with Gasteiger partial charge in [0, 0.05) is 5.92 Å². The normalized spacial score (nSPS) is 25.5. The molecule has 122 valence electrons.